The fraction of sp³-hybridized carbons (Fsp3) is 0.462. The highest BCUT2D eigenvalue weighted by atomic mass is 79.9. The predicted octanol–water partition coefficient (Wildman–Crippen LogP) is 4.64. The average molecular weight is 398 g/mol. The summed E-state index contributed by atoms with van der Waals surface area (Å²) in [4.78, 5) is 12.1. The molecule has 0 radical (unpaired) electrons. The third kappa shape index (κ3) is 5.29. The summed E-state index contributed by atoms with van der Waals surface area (Å²) >= 11 is 12.7. The minimum atomic E-state index is -0.0942. The van der Waals surface area contributed by atoms with Gasteiger partial charge in [0.1, 0.15) is 0 Å². The van der Waals surface area contributed by atoms with Crippen molar-refractivity contribution in [1.82, 2.24) is 5.32 Å². The summed E-state index contributed by atoms with van der Waals surface area (Å²) in [5.41, 5.74) is 0.573. The SMILES string of the molecule is CC(C)CC(CBr)NC(=O)c1cc(Cl)cc(Br)c1. The van der Waals surface area contributed by atoms with E-state index in [4.69, 9.17) is 11.6 Å². The number of hydrogen-bond acceptors (Lipinski definition) is 1. The maximum atomic E-state index is 12.1. The summed E-state index contributed by atoms with van der Waals surface area (Å²) in [6, 6.07) is 5.33. The first-order valence-electron chi connectivity index (χ1n) is 5.75. The van der Waals surface area contributed by atoms with Crippen molar-refractivity contribution in [2.75, 3.05) is 5.33 Å². The Morgan fingerprint density at radius 3 is 2.56 bits per heavy atom. The number of halogens is 3. The molecule has 1 amide bonds. The lowest BCUT2D eigenvalue weighted by Gasteiger charge is -2.18. The Morgan fingerprint density at radius 1 is 1.39 bits per heavy atom. The zero-order valence-corrected chi connectivity index (χ0v) is 14.3. The van der Waals surface area contributed by atoms with Crippen molar-refractivity contribution in [1.29, 1.82) is 0 Å². The number of benzene rings is 1. The van der Waals surface area contributed by atoms with Crippen LogP contribution in [0.5, 0.6) is 0 Å². The van der Waals surface area contributed by atoms with E-state index >= 15 is 0 Å². The molecule has 2 nitrogen and oxygen atoms in total. The van der Waals surface area contributed by atoms with Crippen LogP contribution < -0.4 is 5.32 Å². The molecule has 0 heterocycles. The second-order valence-corrected chi connectivity index (χ2v) is 6.61. The molecule has 1 atom stereocenters. The Hall–Kier alpha value is -0.0600. The van der Waals surface area contributed by atoms with Crippen LogP contribution in [0, 0.1) is 5.92 Å². The van der Waals surface area contributed by atoms with Gasteiger partial charge in [-0.2, -0.15) is 0 Å². The number of carbonyl (C=O) groups is 1. The van der Waals surface area contributed by atoms with Gasteiger partial charge in [0.15, 0.2) is 0 Å². The highest BCUT2D eigenvalue weighted by Gasteiger charge is 2.14. The first kappa shape index (κ1) is 16.0. The van der Waals surface area contributed by atoms with E-state index < -0.39 is 0 Å². The van der Waals surface area contributed by atoms with Crippen LogP contribution >= 0.6 is 43.5 Å². The molecule has 0 aliphatic carbocycles. The minimum Gasteiger partial charge on any atom is -0.348 e. The molecule has 0 aromatic heterocycles. The van der Waals surface area contributed by atoms with Crippen LogP contribution in [0.25, 0.3) is 0 Å². The van der Waals surface area contributed by atoms with Crippen molar-refractivity contribution >= 4 is 49.4 Å². The Kier molecular flexibility index (Phi) is 6.67. The van der Waals surface area contributed by atoms with Crippen LogP contribution in [-0.2, 0) is 0 Å². The summed E-state index contributed by atoms with van der Waals surface area (Å²) in [5.74, 6) is 0.447. The number of alkyl halides is 1. The fourth-order valence-electron chi connectivity index (χ4n) is 1.68. The lowest BCUT2D eigenvalue weighted by atomic mass is 10.0. The molecule has 1 aromatic rings. The molecule has 0 spiro atoms. The quantitative estimate of drug-likeness (QED) is 0.721. The molecule has 1 rings (SSSR count). The van der Waals surface area contributed by atoms with Gasteiger partial charge in [-0.25, -0.2) is 0 Å². The monoisotopic (exact) mass is 395 g/mol. The van der Waals surface area contributed by atoms with Crippen LogP contribution in [0.1, 0.15) is 30.6 Å². The highest BCUT2D eigenvalue weighted by molar-refractivity contribution is 9.10. The molecule has 0 aliphatic rings. The lowest BCUT2D eigenvalue weighted by molar-refractivity contribution is 0.0937. The highest BCUT2D eigenvalue weighted by Crippen LogP contribution is 2.20. The van der Waals surface area contributed by atoms with Crippen molar-refractivity contribution in [3.63, 3.8) is 0 Å². The van der Waals surface area contributed by atoms with Crippen molar-refractivity contribution in [2.45, 2.75) is 26.3 Å². The third-order valence-corrected chi connectivity index (χ3v) is 3.86. The van der Waals surface area contributed by atoms with Gasteiger partial charge in [-0.15, -0.1) is 0 Å². The van der Waals surface area contributed by atoms with Crippen LogP contribution in [-0.4, -0.2) is 17.3 Å². The molecular weight excluding hydrogens is 381 g/mol. The van der Waals surface area contributed by atoms with Gasteiger partial charge < -0.3 is 5.32 Å². The number of carbonyl (C=O) groups excluding carboxylic acids is 1. The van der Waals surface area contributed by atoms with E-state index in [1.807, 2.05) is 0 Å². The standard InChI is InChI=1S/C13H16Br2ClNO/c1-8(2)3-12(7-14)17-13(18)9-4-10(15)6-11(16)5-9/h4-6,8,12H,3,7H2,1-2H3,(H,17,18). The summed E-state index contributed by atoms with van der Waals surface area (Å²) in [6.45, 7) is 4.27. The van der Waals surface area contributed by atoms with E-state index in [1.54, 1.807) is 18.2 Å². The summed E-state index contributed by atoms with van der Waals surface area (Å²) < 4.78 is 0.805. The second kappa shape index (κ2) is 7.51. The van der Waals surface area contributed by atoms with Gasteiger partial charge in [0.25, 0.3) is 5.91 Å². The molecule has 0 fully saturated rings. The molecule has 5 heteroatoms. The minimum absolute atomic E-state index is 0.0942. The third-order valence-electron chi connectivity index (χ3n) is 2.40. The van der Waals surface area contributed by atoms with E-state index in [9.17, 15) is 4.79 Å². The van der Waals surface area contributed by atoms with Gasteiger partial charge in [-0.1, -0.05) is 57.3 Å². The van der Waals surface area contributed by atoms with Crippen molar-refractivity contribution < 1.29 is 4.79 Å². The summed E-state index contributed by atoms with van der Waals surface area (Å²) in [7, 11) is 0. The molecule has 1 N–H and O–H groups in total. The number of nitrogens with one attached hydrogen (secondary N) is 1. The van der Waals surface area contributed by atoms with Gasteiger partial charge in [0.05, 0.1) is 0 Å². The van der Waals surface area contributed by atoms with E-state index in [0.717, 1.165) is 16.2 Å². The molecule has 18 heavy (non-hydrogen) atoms. The van der Waals surface area contributed by atoms with Crippen LogP contribution in [0.3, 0.4) is 0 Å². The largest absolute Gasteiger partial charge is 0.348 e. The molecule has 1 aromatic carbocycles. The number of rotatable bonds is 5. The fourth-order valence-corrected chi connectivity index (χ4v) is 2.97. The topological polar surface area (TPSA) is 29.1 Å². The molecule has 0 bridgehead atoms. The Balaban J connectivity index is 2.74. The van der Waals surface area contributed by atoms with Gasteiger partial charge in [0, 0.05) is 26.4 Å². The van der Waals surface area contributed by atoms with E-state index in [2.05, 4.69) is 51.0 Å². The first-order valence-corrected chi connectivity index (χ1v) is 8.04. The van der Waals surface area contributed by atoms with Gasteiger partial charge in [0.2, 0.25) is 0 Å². The van der Waals surface area contributed by atoms with E-state index in [0.29, 0.717) is 16.5 Å². The van der Waals surface area contributed by atoms with Crippen LogP contribution in [0.15, 0.2) is 22.7 Å². The van der Waals surface area contributed by atoms with Crippen LogP contribution in [0.4, 0.5) is 0 Å². The first-order chi connectivity index (χ1) is 8.42. The lowest BCUT2D eigenvalue weighted by Crippen LogP contribution is -2.37. The molecule has 0 aliphatic heterocycles. The van der Waals surface area contributed by atoms with E-state index in [-0.39, 0.29) is 11.9 Å². The normalized spacial score (nSPS) is 12.6. The summed E-state index contributed by atoms with van der Waals surface area (Å²) in [6.07, 6.45) is 0.943. The van der Waals surface area contributed by atoms with E-state index in [1.165, 1.54) is 0 Å². The van der Waals surface area contributed by atoms with Crippen LogP contribution in [0.2, 0.25) is 5.02 Å². The smallest absolute Gasteiger partial charge is 0.251 e. The second-order valence-electron chi connectivity index (χ2n) is 4.61. The van der Waals surface area contributed by atoms with Crippen molar-refractivity contribution in [3.05, 3.63) is 33.3 Å². The number of hydrogen-bond donors (Lipinski definition) is 1. The maximum Gasteiger partial charge on any atom is 0.251 e. The maximum absolute atomic E-state index is 12.1. The Morgan fingerprint density at radius 2 is 2.06 bits per heavy atom. The number of amides is 1. The van der Waals surface area contributed by atoms with Gasteiger partial charge in [-0.05, 0) is 30.5 Å². The molecule has 0 saturated carbocycles. The average Bonchev–Trinajstić information content (AvgIpc) is 2.26. The summed E-state index contributed by atoms with van der Waals surface area (Å²) in [5, 5.41) is 4.30. The van der Waals surface area contributed by atoms with Gasteiger partial charge in [-0.3, -0.25) is 4.79 Å². The molecule has 1 unspecified atom stereocenters. The Labute approximate surface area is 130 Å². The Bertz CT molecular complexity index is 403. The zero-order valence-electron chi connectivity index (χ0n) is 10.3. The van der Waals surface area contributed by atoms with Gasteiger partial charge >= 0.3 is 0 Å². The molecular formula is C13H16Br2ClNO. The van der Waals surface area contributed by atoms with Crippen molar-refractivity contribution in [3.8, 4) is 0 Å². The zero-order chi connectivity index (χ0) is 13.7. The molecule has 100 valence electrons. The predicted molar refractivity (Wildman–Crippen MR) is 83.7 cm³/mol. The molecule has 0 saturated heterocycles. The van der Waals surface area contributed by atoms with Crippen molar-refractivity contribution in [2.24, 2.45) is 5.92 Å².